The smallest absolute Gasteiger partial charge is 0.0406 e. The van der Waals surface area contributed by atoms with Gasteiger partial charge >= 0.3 is 0 Å². The van der Waals surface area contributed by atoms with Crippen LogP contribution in [0, 0.1) is 0 Å². The molecule has 0 aliphatic heterocycles. The van der Waals surface area contributed by atoms with Crippen LogP contribution >= 0.6 is 0 Å². The third-order valence-corrected chi connectivity index (χ3v) is 3.19. The van der Waals surface area contributed by atoms with E-state index in [4.69, 9.17) is 11.5 Å². The van der Waals surface area contributed by atoms with Crippen molar-refractivity contribution >= 4 is 12.4 Å². The standard InChI is InChI=1S/C18H30N4/c1-17(2,19)9-11-21-13-15-5-7-16(8-6-15)14-22-12-10-18(3,4)20/h5-8,13-14H,9-12,19-20H2,1-4H3/b21-13+,22-14+. The normalized spacial score (nSPS) is 13.4. The Bertz CT molecular complexity index is 440. The van der Waals surface area contributed by atoms with Crippen LogP contribution in [0.1, 0.15) is 51.7 Å². The second-order valence-corrected chi connectivity index (χ2v) is 7.21. The Hall–Kier alpha value is -1.52. The summed E-state index contributed by atoms with van der Waals surface area (Å²) in [6.45, 7) is 9.57. The lowest BCUT2D eigenvalue weighted by atomic mass is 10.0. The van der Waals surface area contributed by atoms with Crippen molar-refractivity contribution in [1.29, 1.82) is 0 Å². The van der Waals surface area contributed by atoms with Gasteiger partial charge in [-0.2, -0.15) is 0 Å². The third-order valence-electron chi connectivity index (χ3n) is 3.19. The summed E-state index contributed by atoms with van der Waals surface area (Å²) in [5.41, 5.74) is 13.7. The maximum atomic E-state index is 5.92. The molecule has 0 fully saturated rings. The molecule has 122 valence electrons. The van der Waals surface area contributed by atoms with Crippen LogP contribution in [-0.4, -0.2) is 36.6 Å². The van der Waals surface area contributed by atoms with E-state index in [1.165, 1.54) is 0 Å². The number of hydrogen-bond acceptors (Lipinski definition) is 4. The molecule has 0 amide bonds. The number of rotatable bonds is 8. The first-order valence-electron chi connectivity index (χ1n) is 7.83. The minimum Gasteiger partial charge on any atom is -0.325 e. The van der Waals surface area contributed by atoms with Gasteiger partial charge < -0.3 is 11.5 Å². The van der Waals surface area contributed by atoms with Crippen LogP contribution in [0.5, 0.6) is 0 Å². The fourth-order valence-electron chi connectivity index (χ4n) is 1.71. The first-order chi connectivity index (χ1) is 10.2. The summed E-state index contributed by atoms with van der Waals surface area (Å²) < 4.78 is 0. The first-order valence-corrected chi connectivity index (χ1v) is 7.83. The van der Waals surface area contributed by atoms with E-state index in [0.29, 0.717) is 0 Å². The lowest BCUT2D eigenvalue weighted by Crippen LogP contribution is -2.32. The molecule has 4 nitrogen and oxygen atoms in total. The lowest BCUT2D eigenvalue weighted by Gasteiger charge is -2.16. The molecule has 0 spiro atoms. The quantitative estimate of drug-likeness (QED) is 0.724. The summed E-state index contributed by atoms with van der Waals surface area (Å²) in [5.74, 6) is 0. The van der Waals surface area contributed by atoms with Gasteiger partial charge in [-0.25, -0.2) is 0 Å². The van der Waals surface area contributed by atoms with Crippen LogP contribution in [-0.2, 0) is 0 Å². The van der Waals surface area contributed by atoms with E-state index < -0.39 is 0 Å². The topological polar surface area (TPSA) is 76.8 Å². The molecule has 0 saturated heterocycles. The Balaban J connectivity index is 2.43. The van der Waals surface area contributed by atoms with Gasteiger partial charge in [-0.1, -0.05) is 24.3 Å². The second-order valence-electron chi connectivity index (χ2n) is 7.21. The molecule has 0 saturated carbocycles. The Kier molecular flexibility index (Phi) is 6.91. The van der Waals surface area contributed by atoms with Gasteiger partial charge in [0.05, 0.1) is 0 Å². The Morgan fingerprint density at radius 2 is 1.09 bits per heavy atom. The highest BCUT2D eigenvalue weighted by Crippen LogP contribution is 2.05. The van der Waals surface area contributed by atoms with E-state index in [1.54, 1.807) is 0 Å². The molecule has 0 aromatic heterocycles. The molecule has 0 aliphatic carbocycles. The van der Waals surface area contributed by atoms with Gasteiger partial charge in [0.15, 0.2) is 0 Å². The molecule has 22 heavy (non-hydrogen) atoms. The Labute approximate surface area is 134 Å². The SMILES string of the molecule is CC(C)(N)CC/N=C/c1ccc(/C=N/CCC(C)(C)N)cc1. The molecule has 0 heterocycles. The van der Waals surface area contributed by atoms with E-state index in [2.05, 4.69) is 9.98 Å². The number of nitrogens with zero attached hydrogens (tertiary/aromatic N) is 2. The zero-order valence-electron chi connectivity index (χ0n) is 14.3. The molecule has 1 aromatic carbocycles. The first kappa shape index (κ1) is 18.5. The van der Waals surface area contributed by atoms with Crippen molar-refractivity contribution in [2.75, 3.05) is 13.1 Å². The summed E-state index contributed by atoms with van der Waals surface area (Å²) in [5, 5.41) is 0. The molecule has 0 radical (unpaired) electrons. The van der Waals surface area contributed by atoms with Gasteiger partial charge in [0, 0.05) is 36.6 Å². The third kappa shape index (κ3) is 9.42. The molecule has 1 aromatic rings. The summed E-state index contributed by atoms with van der Waals surface area (Å²) in [6, 6.07) is 8.19. The predicted molar refractivity (Wildman–Crippen MR) is 97.1 cm³/mol. The van der Waals surface area contributed by atoms with Crippen molar-refractivity contribution in [2.24, 2.45) is 21.5 Å². The highest BCUT2D eigenvalue weighted by atomic mass is 14.8. The molecule has 4 heteroatoms. The molecule has 0 aliphatic rings. The molecule has 0 unspecified atom stereocenters. The highest BCUT2D eigenvalue weighted by Gasteiger charge is 2.08. The van der Waals surface area contributed by atoms with Crippen LogP contribution < -0.4 is 11.5 Å². The van der Waals surface area contributed by atoms with E-state index in [0.717, 1.165) is 37.1 Å². The molecular weight excluding hydrogens is 272 g/mol. The highest BCUT2D eigenvalue weighted by molar-refractivity contribution is 5.84. The largest absolute Gasteiger partial charge is 0.325 e. The fourth-order valence-corrected chi connectivity index (χ4v) is 1.71. The number of hydrogen-bond donors (Lipinski definition) is 2. The minimum absolute atomic E-state index is 0.157. The lowest BCUT2D eigenvalue weighted by molar-refractivity contribution is 0.484. The van der Waals surface area contributed by atoms with E-state index in [-0.39, 0.29) is 11.1 Å². The second kappa shape index (κ2) is 8.20. The molecule has 0 bridgehead atoms. The average molecular weight is 302 g/mol. The summed E-state index contributed by atoms with van der Waals surface area (Å²) in [7, 11) is 0. The van der Waals surface area contributed by atoms with Crippen molar-refractivity contribution in [3.05, 3.63) is 35.4 Å². The van der Waals surface area contributed by atoms with Gasteiger partial charge in [-0.05, 0) is 51.7 Å². The predicted octanol–water partition coefficient (Wildman–Crippen LogP) is 2.78. The van der Waals surface area contributed by atoms with E-state index in [9.17, 15) is 0 Å². The summed E-state index contributed by atoms with van der Waals surface area (Å²) in [4.78, 5) is 8.81. The van der Waals surface area contributed by atoms with Crippen LogP contribution in [0.25, 0.3) is 0 Å². The van der Waals surface area contributed by atoms with Crippen LogP contribution in [0.2, 0.25) is 0 Å². The molecule has 0 atom stereocenters. The summed E-state index contributed by atoms with van der Waals surface area (Å²) in [6.07, 6.45) is 5.55. The maximum absolute atomic E-state index is 5.92. The Morgan fingerprint density at radius 3 is 1.36 bits per heavy atom. The van der Waals surface area contributed by atoms with Gasteiger partial charge in [-0.15, -0.1) is 0 Å². The number of nitrogens with two attached hydrogens (primary N) is 2. The van der Waals surface area contributed by atoms with Gasteiger partial charge in [0.25, 0.3) is 0 Å². The van der Waals surface area contributed by atoms with Crippen molar-refractivity contribution < 1.29 is 0 Å². The number of aliphatic imine (C=N–C) groups is 2. The van der Waals surface area contributed by atoms with Gasteiger partial charge in [0.1, 0.15) is 0 Å². The maximum Gasteiger partial charge on any atom is 0.0406 e. The van der Waals surface area contributed by atoms with Crippen molar-refractivity contribution in [2.45, 2.75) is 51.6 Å². The van der Waals surface area contributed by atoms with Crippen molar-refractivity contribution in [3.63, 3.8) is 0 Å². The molecular formula is C18H30N4. The van der Waals surface area contributed by atoms with Crippen LogP contribution in [0.4, 0.5) is 0 Å². The average Bonchev–Trinajstić information content (AvgIpc) is 2.39. The fraction of sp³-hybridized carbons (Fsp3) is 0.556. The van der Waals surface area contributed by atoms with Crippen LogP contribution in [0.3, 0.4) is 0 Å². The Morgan fingerprint density at radius 1 is 0.773 bits per heavy atom. The monoisotopic (exact) mass is 302 g/mol. The minimum atomic E-state index is -0.157. The number of benzene rings is 1. The van der Waals surface area contributed by atoms with Crippen molar-refractivity contribution in [3.8, 4) is 0 Å². The van der Waals surface area contributed by atoms with E-state index in [1.807, 2.05) is 64.4 Å². The summed E-state index contributed by atoms with van der Waals surface area (Å²) >= 11 is 0. The van der Waals surface area contributed by atoms with Gasteiger partial charge in [-0.3, -0.25) is 9.98 Å². The molecule has 4 N–H and O–H groups in total. The van der Waals surface area contributed by atoms with Crippen LogP contribution in [0.15, 0.2) is 34.3 Å². The van der Waals surface area contributed by atoms with Gasteiger partial charge in [0.2, 0.25) is 0 Å². The molecule has 1 rings (SSSR count). The van der Waals surface area contributed by atoms with E-state index >= 15 is 0 Å². The van der Waals surface area contributed by atoms with Crippen molar-refractivity contribution in [1.82, 2.24) is 0 Å². The zero-order valence-corrected chi connectivity index (χ0v) is 14.3. The zero-order chi connectivity index (χ0) is 16.6.